The van der Waals surface area contributed by atoms with Crippen LogP contribution >= 0.6 is 0 Å². The molecule has 0 aromatic carbocycles. The molecule has 3 nitrogen and oxygen atoms in total. The van der Waals surface area contributed by atoms with Crippen LogP contribution in [0.25, 0.3) is 0 Å². The van der Waals surface area contributed by atoms with Gasteiger partial charge >= 0.3 is 0 Å². The van der Waals surface area contributed by atoms with Gasteiger partial charge in [-0.1, -0.05) is 26.2 Å². The Balaban J connectivity index is 1.57. The highest BCUT2D eigenvalue weighted by molar-refractivity contribution is 4.90. The van der Waals surface area contributed by atoms with Crippen molar-refractivity contribution in [2.24, 2.45) is 11.8 Å². The second-order valence-corrected chi connectivity index (χ2v) is 8.29. The average molecular weight is 308 g/mol. The van der Waals surface area contributed by atoms with Crippen LogP contribution in [0.1, 0.15) is 58.3 Å². The van der Waals surface area contributed by atoms with Gasteiger partial charge in [0.2, 0.25) is 0 Å². The van der Waals surface area contributed by atoms with Crippen molar-refractivity contribution < 1.29 is 0 Å². The summed E-state index contributed by atoms with van der Waals surface area (Å²) in [6.07, 6.45) is 11.5. The van der Waals surface area contributed by atoms with Crippen LogP contribution in [0.4, 0.5) is 0 Å². The average Bonchev–Trinajstić information content (AvgIpc) is 2.56. The monoisotopic (exact) mass is 307 g/mol. The second-order valence-electron chi connectivity index (χ2n) is 8.29. The van der Waals surface area contributed by atoms with Gasteiger partial charge < -0.3 is 10.2 Å². The Hall–Kier alpha value is -0.120. The molecule has 1 aliphatic carbocycles. The van der Waals surface area contributed by atoms with Crippen LogP contribution in [0.2, 0.25) is 0 Å². The Bertz CT molecular complexity index is 327. The molecule has 1 saturated carbocycles. The van der Waals surface area contributed by atoms with Gasteiger partial charge in [0.05, 0.1) is 0 Å². The quantitative estimate of drug-likeness (QED) is 0.861. The third-order valence-electron chi connectivity index (χ3n) is 6.47. The zero-order chi connectivity index (χ0) is 15.4. The van der Waals surface area contributed by atoms with E-state index >= 15 is 0 Å². The molecule has 22 heavy (non-hydrogen) atoms. The molecule has 0 aromatic rings. The van der Waals surface area contributed by atoms with Gasteiger partial charge in [0.1, 0.15) is 0 Å². The summed E-state index contributed by atoms with van der Waals surface area (Å²) in [6.45, 7) is 8.86. The molecule has 2 saturated heterocycles. The lowest BCUT2D eigenvalue weighted by Gasteiger charge is -2.45. The first-order valence-electron chi connectivity index (χ1n) is 9.89. The van der Waals surface area contributed by atoms with E-state index in [1.807, 2.05) is 0 Å². The number of nitrogens with zero attached hydrogens (tertiary/aromatic N) is 2. The molecule has 3 heteroatoms. The fourth-order valence-electron chi connectivity index (χ4n) is 5.10. The third-order valence-corrected chi connectivity index (χ3v) is 6.47. The topological polar surface area (TPSA) is 18.5 Å². The van der Waals surface area contributed by atoms with E-state index in [1.54, 1.807) is 0 Å². The van der Waals surface area contributed by atoms with Crippen LogP contribution in [-0.4, -0.2) is 61.7 Å². The number of piperidine rings is 2. The maximum Gasteiger partial charge on any atom is 0.0261 e. The van der Waals surface area contributed by atoms with E-state index < -0.39 is 0 Å². The van der Waals surface area contributed by atoms with Gasteiger partial charge in [-0.15, -0.1) is 0 Å². The Kier molecular flexibility index (Phi) is 6.17. The van der Waals surface area contributed by atoms with Gasteiger partial charge in [0, 0.05) is 31.7 Å². The Labute approximate surface area is 137 Å². The predicted molar refractivity (Wildman–Crippen MR) is 94.2 cm³/mol. The van der Waals surface area contributed by atoms with E-state index in [4.69, 9.17) is 0 Å². The summed E-state index contributed by atoms with van der Waals surface area (Å²) in [4.78, 5) is 5.54. The van der Waals surface area contributed by atoms with Gasteiger partial charge in [-0.3, -0.25) is 4.90 Å². The lowest BCUT2D eigenvalue weighted by Crippen LogP contribution is -2.56. The SMILES string of the molecule is CC1CCCN(C2CNCCC2CN(C)C2CCCCC2)C1. The number of likely N-dealkylation sites (tertiary alicyclic amines) is 1. The molecule has 0 bridgehead atoms. The van der Waals surface area contributed by atoms with Gasteiger partial charge in [0.25, 0.3) is 0 Å². The highest BCUT2D eigenvalue weighted by atomic mass is 15.2. The maximum atomic E-state index is 3.67. The minimum absolute atomic E-state index is 0.780. The van der Waals surface area contributed by atoms with Gasteiger partial charge in [-0.25, -0.2) is 0 Å². The van der Waals surface area contributed by atoms with E-state index in [2.05, 4.69) is 29.1 Å². The summed E-state index contributed by atoms with van der Waals surface area (Å²) in [6, 6.07) is 1.65. The molecule has 0 radical (unpaired) electrons. The van der Waals surface area contributed by atoms with Crippen molar-refractivity contribution in [3.8, 4) is 0 Å². The zero-order valence-electron chi connectivity index (χ0n) is 14.9. The molecule has 3 aliphatic rings. The summed E-state index contributed by atoms with van der Waals surface area (Å²) in [5.41, 5.74) is 0. The molecule has 3 rings (SSSR count). The third kappa shape index (κ3) is 4.24. The Morgan fingerprint density at radius 2 is 1.86 bits per heavy atom. The second kappa shape index (κ2) is 8.12. The molecule has 128 valence electrons. The largest absolute Gasteiger partial charge is 0.315 e. The van der Waals surface area contributed by atoms with Gasteiger partial charge in [-0.05, 0) is 64.1 Å². The van der Waals surface area contributed by atoms with Crippen molar-refractivity contribution in [3.63, 3.8) is 0 Å². The summed E-state index contributed by atoms with van der Waals surface area (Å²) >= 11 is 0. The molecule has 2 heterocycles. The van der Waals surface area contributed by atoms with Crippen LogP contribution < -0.4 is 5.32 Å². The molecule has 3 fully saturated rings. The molecule has 2 aliphatic heterocycles. The number of rotatable bonds is 4. The summed E-state index contributed by atoms with van der Waals surface area (Å²) in [7, 11) is 2.40. The first-order chi connectivity index (χ1) is 10.7. The standard InChI is InChI=1S/C19H37N3/c1-16-7-6-12-22(14-16)19-13-20-11-10-17(19)15-21(2)18-8-4-3-5-9-18/h16-20H,3-15H2,1-2H3. The van der Waals surface area contributed by atoms with Crippen molar-refractivity contribution in [2.45, 2.75) is 70.4 Å². The molecular weight excluding hydrogens is 270 g/mol. The number of nitrogens with one attached hydrogen (secondary N) is 1. The van der Waals surface area contributed by atoms with E-state index in [0.717, 1.165) is 23.9 Å². The predicted octanol–water partition coefficient (Wildman–Crippen LogP) is 2.96. The first kappa shape index (κ1) is 16.7. The fraction of sp³-hybridized carbons (Fsp3) is 1.00. The van der Waals surface area contributed by atoms with Gasteiger partial charge in [0.15, 0.2) is 0 Å². The normalized spacial score (nSPS) is 35.9. The van der Waals surface area contributed by atoms with E-state index in [1.165, 1.54) is 84.1 Å². The summed E-state index contributed by atoms with van der Waals surface area (Å²) in [5, 5.41) is 3.67. The van der Waals surface area contributed by atoms with E-state index in [0.29, 0.717) is 0 Å². The summed E-state index contributed by atoms with van der Waals surface area (Å²) < 4.78 is 0. The maximum absolute atomic E-state index is 3.67. The lowest BCUT2D eigenvalue weighted by molar-refractivity contribution is 0.0494. The first-order valence-corrected chi connectivity index (χ1v) is 9.89. The van der Waals surface area contributed by atoms with Crippen LogP contribution in [0.5, 0.6) is 0 Å². The van der Waals surface area contributed by atoms with Crippen molar-refractivity contribution in [3.05, 3.63) is 0 Å². The van der Waals surface area contributed by atoms with Crippen molar-refractivity contribution in [1.29, 1.82) is 0 Å². The molecule has 3 unspecified atom stereocenters. The Morgan fingerprint density at radius 1 is 1.05 bits per heavy atom. The van der Waals surface area contributed by atoms with Crippen molar-refractivity contribution in [2.75, 3.05) is 39.8 Å². The minimum atomic E-state index is 0.780. The minimum Gasteiger partial charge on any atom is -0.315 e. The fourth-order valence-corrected chi connectivity index (χ4v) is 5.10. The molecule has 0 aromatic heterocycles. The van der Waals surface area contributed by atoms with Crippen LogP contribution in [0.15, 0.2) is 0 Å². The molecular formula is C19H37N3. The van der Waals surface area contributed by atoms with E-state index in [-0.39, 0.29) is 0 Å². The number of hydrogen-bond acceptors (Lipinski definition) is 3. The molecule has 1 N–H and O–H groups in total. The lowest BCUT2D eigenvalue weighted by atomic mass is 9.87. The van der Waals surface area contributed by atoms with E-state index in [9.17, 15) is 0 Å². The zero-order valence-corrected chi connectivity index (χ0v) is 14.9. The molecule has 0 spiro atoms. The van der Waals surface area contributed by atoms with Gasteiger partial charge in [-0.2, -0.15) is 0 Å². The van der Waals surface area contributed by atoms with Crippen molar-refractivity contribution in [1.82, 2.24) is 15.1 Å². The van der Waals surface area contributed by atoms with Crippen molar-refractivity contribution >= 4 is 0 Å². The molecule has 3 atom stereocenters. The smallest absolute Gasteiger partial charge is 0.0261 e. The number of hydrogen-bond donors (Lipinski definition) is 1. The van der Waals surface area contributed by atoms with Crippen LogP contribution in [0, 0.1) is 11.8 Å². The highest BCUT2D eigenvalue weighted by Crippen LogP contribution is 2.27. The van der Waals surface area contributed by atoms with Crippen LogP contribution in [0.3, 0.4) is 0 Å². The summed E-state index contributed by atoms with van der Waals surface area (Å²) in [5.74, 6) is 1.77. The van der Waals surface area contributed by atoms with Crippen LogP contribution in [-0.2, 0) is 0 Å². The highest BCUT2D eigenvalue weighted by Gasteiger charge is 2.33. The Morgan fingerprint density at radius 3 is 2.64 bits per heavy atom. The molecule has 0 amide bonds.